The van der Waals surface area contributed by atoms with E-state index in [0.717, 1.165) is 12.5 Å². The second-order valence-corrected chi connectivity index (χ2v) is 5.18. The molecule has 1 aromatic rings. The molecule has 0 spiro atoms. The average molecular weight is 233 g/mol. The fourth-order valence-electron chi connectivity index (χ4n) is 2.17. The predicted molar refractivity (Wildman–Crippen MR) is 76.3 cm³/mol. The summed E-state index contributed by atoms with van der Waals surface area (Å²) in [6.07, 6.45) is 5.00. The molecule has 0 aromatic heterocycles. The van der Waals surface area contributed by atoms with Crippen LogP contribution in [0.15, 0.2) is 30.3 Å². The summed E-state index contributed by atoms with van der Waals surface area (Å²) < 4.78 is 0. The molecule has 0 saturated carbocycles. The fraction of sp³-hybridized carbons (Fsp3) is 0.625. The van der Waals surface area contributed by atoms with E-state index in [1.807, 2.05) is 0 Å². The van der Waals surface area contributed by atoms with Gasteiger partial charge in [0.15, 0.2) is 0 Å². The third kappa shape index (κ3) is 5.88. The number of aryl methyl sites for hydroxylation is 1. The third-order valence-corrected chi connectivity index (χ3v) is 3.28. The Labute approximate surface area is 107 Å². The van der Waals surface area contributed by atoms with Gasteiger partial charge in [0, 0.05) is 6.04 Å². The number of nitrogens with one attached hydrogen (secondary N) is 1. The summed E-state index contributed by atoms with van der Waals surface area (Å²) in [5, 5.41) is 3.66. The number of hydrogen-bond donors (Lipinski definition) is 1. The minimum atomic E-state index is 0.679. The van der Waals surface area contributed by atoms with E-state index < -0.39 is 0 Å². The van der Waals surface area contributed by atoms with Crippen LogP contribution >= 0.6 is 0 Å². The van der Waals surface area contributed by atoms with Crippen LogP contribution in [-0.4, -0.2) is 12.6 Å². The van der Waals surface area contributed by atoms with E-state index in [-0.39, 0.29) is 0 Å². The number of benzene rings is 1. The lowest BCUT2D eigenvalue weighted by atomic mass is 9.96. The SMILES string of the molecule is CCCNC(CCCc1ccccc1)C(C)C. The minimum absolute atomic E-state index is 0.679. The van der Waals surface area contributed by atoms with Crippen molar-refractivity contribution in [3.63, 3.8) is 0 Å². The van der Waals surface area contributed by atoms with E-state index in [2.05, 4.69) is 56.4 Å². The van der Waals surface area contributed by atoms with E-state index in [1.54, 1.807) is 0 Å². The third-order valence-electron chi connectivity index (χ3n) is 3.28. The van der Waals surface area contributed by atoms with Crippen molar-refractivity contribution in [3.8, 4) is 0 Å². The Bertz CT molecular complexity index is 279. The summed E-state index contributed by atoms with van der Waals surface area (Å²) in [5.41, 5.74) is 1.46. The van der Waals surface area contributed by atoms with Crippen molar-refractivity contribution in [2.24, 2.45) is 5.92 Å². The maximum Gasteiger partial charge on any atom is 0.00901 e. The zero-order valence-electron chi connectivity index (χ0n) is 11.6. The topological polar surface area (TPSA) is 12.0 Å². The Morgan fingerprint density at radius 2 is 1.82 bits per heavy atom. The number of rotatable bonds is 8. The van der Waals surface area contributed by atoms with E-state index in [4.69, 9.17) is 0 Å². The molecule has 17 heavy (non-hydrogen) atoms. The molecule has 0 amide bonds. The summed E-state index contributed by atoms with van der Waals surface area (Å²) in [5.74, 6) is 0.734. The highest BCUT2D eigenvalue weighted by atomic mass is 14.9. The van der Waals surface area contributed by atoms with Crippen LogP contribution in [0.2, 0.25) is 0 Å². The summed E-state index contributed by atoms with van der Waals surface area (Å²) in [6.45, 7) is 8.01. The van der Waals surface area contributed by atoms with Crippen LogP contribution in [0, 0.1) is 5.92 Å². The van der Waals surface area contributed by atoms with E-state index >= 15 is 0 Å². The van der Waals surface area contributed by atoms with Gasteiger partial charge in [-0.1, -0.05) is 51.1 Å². The van der Waals surface area contributed by atoms with Crippen LogP contribution < -0.4 is 5.32 Å². The quantitative estimate of drug-likeness (QED) is 0.714. The largest absolute Gasteiger partial charge is 0.314 e. The second-order valence-electron chi connectivity index (χ2n) is 5.18. The van der Waals surface area contributed by atoms with Gasteiger partial charge >= 0.3 is 0 Å². The van der Waals surface area contributed by atoms with Crippen LogP contribution in [0.25, 0.3) is 0 Å². The molecule has 1 heteroatoms. The van der Waals surface area contributed by atoms with Gasteiger partial charge in [0.25, 0.3) is 0 Å². The van der Waals surface area contributed by atoms with Crippen molar-refractivity contribution >= 4 is 0 Å². The van der Waals surface area contributed by atoms with Crippen molar-refractivity contribution in [2.75, 3.05) is 6.54 Å². The lowest BCUT2D eigenvalue weighted by molar-refractivity contribution is 0.370. The first-order valence-corrected chi connectivity index (χ1v) is 7.01. The van der Waals surface area contributed by atoms with Crippen LogP contribution in [0.4, 0.5) is 0 Å². The van der Waals surface area contributed by atoms with Gasteiger partial charge in [-0.2, -0.15) is 0 Å². The lowest BCUT2D eigenvalue weighted by Gasteiger charge is -2.22. The normalized spacial score (nSPS) is 12.9. The van der Waals surface area contributed by atoms with Gasteiger partial charge in [-0.25, -0.2) is 0 Å². The Morgan fingerprint density at radius 3 is 2.41 bits per heavy atom. The first-order chi connectivity index (χ1) is 8.24. The Kier molecular flexibility index (Phi) is 6.95. The maximum atomic E-state index is 3.66. The van der Waals surface area contributed by atoms with E-state index in [0.29, 0.717) is 6.04 Å². The second kappa shape index (κ2) is 8.30. The Morgan fingerprint density at radius 1 is 1.12 bits per heavy atom. The molecule has 0 saturated heterocycles. The molecule has 0 heterocycles. The van der Waals surface area contributed by atoms with Crippen LogP contribution in [0.5, 0.6) is 0 Å². The van der Waals surface area contributed by atoms with Crippen LogP contribution in [0.3, 0.4) is 0 Å². The molecular formula is C16H27N. The zero-order chi connectivity index (χ0) is 12.5. The Hall–Kier alpha value is -0.820. The van der Waals surface area contributed by atoms with E-state index in [1.165, 1.54) is 31.2 Å². The maximum absolute atomic E-state index is 3.66. The first kappa shape index (κ1) is 14.2. The lowest BCUT2D eigenvalue weighted by Crippen LogP contribution is -2.34. The molecule has 0 aliphatic carbocycles. The molecular weight excluding hydrogens is 206 g/mol. The van der Waals surface area contributed by atoms with Crippen molar-refractivity contribution in [1.82, 2.24) is 5.32 Å². The van der Waals surface area contributed by atoms with Crippen LogP contribution in [-0.2, 0) is 6.42 Å². The molecule has 1 aromatic carbocycles. The summed E-state index contributed by atoms with van der Waals surface area (Å²) >= 11 is 0. The highest BCUT2D eigenvalue weighted by molar-refractivity contribution is 5.14. The number of hydrogen-bond acceptors (Lipinski definition) is 1. The van der Waals surface area contributed by atoms with Gasteiger partial charge in [0.2, 0.25) is 0 Å². The molecule has 0 bridgehead atoms. The van der Waals surface area contributed by atoms with Crippen LogP contribution in [0.1, 0.15) is 45.6 Å². The standard InChI is InChI=1S/C16H27N/c1-4-13-17-16(14(2)3)12-8-11-15-9-6-5-7-10-15/h5-7,9-10,14,16-17H,4,8,11-13H2,1-3H3. The first-order valence-electron chi connectivity index (χ1n) is 7.01. The fourth-order valence-corrected chi connectivity index (χ4v) is 2.17. The van der Waals surface area contributed by atoms with Gasteiger partial charge in [-0.3, -0.25) is 0 Å². The van der Waals surface area contributed by atoms with Gasteiger partial charge in [-0.05, 0) is 43.7 Å². The molecule has 0 fully saturated rings. The monoisotopic (exact) mass is 233 g/mol. The van der Waals surface area contributed by atoms with Crippen molar-refractivity contribution in [1.29, 1.82) is 0 Å². The molecule has 1 N–H and O–H groups in total. The average Bonchev–Trinajstić information content (AvgIpc) is 2.34. The minimum Gasteiger partial charge on any atom is -0.314 e. The summed E-state index contributed by atoms with van der Waals surface area (Å²) in [7, 11) is 0. The molecule has 0 aliphatic heterocycles. The molecule has 0 radical (unpaired) electrons. The molecule has 1 atom stereocenters. The molecule has 1 unspecified atom stereocenters. The van der Waals surface area contributed by atoms with Gasteiger partial charge in [0.05, 0.1) is 0 Å². The Balaban J connectivity index is 2.27. The molecule has 0 aliphatic rings. The zero-order valence-corrected chi connectivity index (χ0v) is 11.6. The molecule has 1 nitrogen and oxygen atoms in total. The van der Waals surface area contributed by atoms with E-state index in [9.17, 15) is 0 Å². The highest BCUT2D eigenvalue weighted by Gasteiger charge is 2.11. The van der Waals surface area contributed by atoms with Gasteiger partial charge in [0.1, 0.15) is 0 Å². The van der Waals surface area contributed by atoms with Gasteiger partial charge < -0.3 is 5.32 Å². The summed E-state index contributed by atoms with van der Waals surface area (Å²) in [4.78, 5) is 0. The smallest absolute Gasteiger partial charge is 0.00901 e. The predicted octanol–water partition coefficient (Wildman–Crippen LogP) is 4.03. The highest BCUT2D eigenvalue weighted by Crippen LogP contribution is 2.12. The van der Waals surface area contributed by atoms with Crippen molar-refractivity contribution in [2.45, 2.75) is 52.5 Å². The molecule has 96 valence electrons. The molecule has 1 rings (SSSR count). The van der Waals surface area contributed by atoms with Crippen molar-refractivity contribution < 1.29 is 0 Å². The summed E-state index contributed by atoms with van der Waals surface area (Å²) in [6, 6.07) is 11.5. The van der Waals surface area contributed by atoms with Gasteiger partial charge in [-0.15, -0.1) is 0 Å². The van der Waals surface area contributed by atoms with Crippen molar-refractivity contribution in [3.05, 3.63) is 35.9 Å².